The zero-order valence-electron chi connectivity index (χ0n) is 17.6. The predicted molar refractivity (Wildman–Crippen MR) is 135 cm³/mol. The van der Waals surface area contributed by atoms with Gasteiger partial charge < -0.3 is 0 Å². The van der Waals surface area contributed by atoms with Crippen LogP contribution in [0.5, 0.6) is 0 Å². The first-order valence-corrected chi connectivity index (χ1v) is 11.8. The molecule has 2 nitrogen and oxygen atoms in total. The molecule has 1 heterocycles. The van der Waals surface area contributed by atoms with Gasteiger partial charge in [0.1, 0.15) is 5.54 Å². The summed E-state index contributed by atoms with van der Waals surface area (Å²) < 4.78 is 2.11. The molecule has 0 atom stereocenters. The molecule has 0 amide bonds. The predicted octanol–water partition coefficient (Wildman–Crippen LogP) is 7.29. The number of hydrogen-bond donors (Lipinski definition) is 0. The molecule has 0 N–H and O–H groups in total. The van der Waals surface area contributed by atoms with Crippen molar-refractivity contribution in [2.75, 3.05) is 0 Å². The minimum atomic E-state index is -0.585. The Morgan fingerprint density at radius 3 is 1.50 bits per heavy atom. The first kappa shape index (κ1) is 20.5. The molecular formula is C29H23BrN2. The van der Waals surface area contributed by atoms with E-state index in [1.807, 2.05) is 0 Å². The van der Waals surface area contributed by atoms with Crippen molar-refractivity contribution in [2.24, 2.45) is 0 Å². The number of hydrogen-bond acceptors (Lipinski definition) is 1. The lowest BCUT2D eigenvalue weighted by molar-refractivity contribution is 0.461. The smallest absolute Gasteiger partial charge is 0.138 e. The molecule has 5 rings (SSSR count). The van der Waals surface area contributed by atoms with Gasteiger partial charge >= 0.3 is 0 Å². The van der Waals surface area contributed by atoms with Crippen LogP contribution in [0.3, 0.4) is 0 Å². The van der Waals surface area contributed by atoms with E-state index in [0.717, 1.165) is 16.6 Å². The molecule has 32 heavy (non-hydrogen) atoms. The average molecular weight is 479 g/mol. The topological polar surface area (TPSA) is 17.8 Å². The fourth-order valence-electron chi connectivity index (χ4n) is 4.36. The van der Waals surface area contributed by atoms with E-state index >= 15 is 0 Å². The van der Waals surface area contributed by atoms with E-state index in [0.29, 0.717) is 0 Å². The van der Waals surface area contributed by atoms with Gasteiger partial charge in [-0.15, -0.1) is 0 Å². The Morgan fingerprint density at radius 2 is 1.06 bits per heavy atom. The summed E-state index contributed by atoms with van der Waals surface area (Å²) in [4.78, 5) is 0. The molecule has 0 saturated carbocycles. The third-order valence-electron chi connectivity index (χ3n) is 5.91. The highest BCUT2D eigenvalue weighted by atomic mass is 79.9. The first-order valence-electron chi connectivity index (χ1n) is 10.7. The van der Waals surface area contributed by atoms with Crippen LogP contribution >= 0.6 is 15.9 Å². The Balaban J connectivity index is 1.76. The second-order valence-electron chi connectivity index (χ2n) is 7.78. The lowest BCUT2D eigenvalue weighted by Gasteiger charge is -2.36. The SMILES string of the molecule is BrCc1ccc(-c2ccn(C(c3ccccc3)(c3ccccc3)c3ccccc3)n2)cc1. The Morgan fingerprint density at radius 1 is 0.594 bits per heavy atom. The molecule has 0 saturated heterocycles. The molecule has 156 valence electrons. The van der Waals surface area contributed by atoms with Gasteiger partial charge in [0.2, 0.25) is 0 Å². The van der Waals surface area contributed by atoms with Crippen molar-refractivity contribution in [3.63, 3.8) is 0 Å². The van der Waals surface area contributed by atoms with Gasteiger partial charge in [0.15, 0.2) is 0 Å². The molecule has 0 radical (unpaired) electrons. The normalized spacial score (nSPS) is 11.4. The van der Waals surface area contributed by atoms with Crippen LogP contribution in [-0.4, -0.2) is 9.78 Å². The van der Waals surface area contributed by atoms with E-state index in [1.54, 1.807) is 0 Å². The number of rotatable bonds is 6. The summed E-state index contributed by atoms with van der Waals surface area (Å²) in [6.45, 7) is 0. The van der Waals surface area contributed by atoms with Crippen LogP contribution < -0.4 is 0 Å². The fourth-order valence-corrected chi connectivity index (χ4v) is 4.74. The minimum absolute atomic E-state index is 0.585. The van der Waals surface area contributed by atoms with Crippen LogP contribution in [-0.2, 0) is 10.9 Å². The molecule has 4 aromatic carbocycles. The number of halogens is 1. The lowest BCUT2D eigenvalue weighted by atomic mass is 9.77. The first-order chi connectivity index (χ1) is 15.8. The quantitative estimate of drug-likeness (QED) is 0.185. The molecule has 0 fully saturated rings. The van der Waals surface area contributed by atoms with Crippen LogP contribution in [0.4, 0.5) is 0 Å². The summed E-state index contributed by atoms with van der Waals surface area (Å²) in [7, 11) is 0. The van der Waals surface area contributed by atoms with E-state index in [2.05, 4.69) is 148 Å². The monoisotopic (exact) mass is 478 g/mol. The Hall–Kier alpha value is -3.43. The van der Waals surface area contributed by atoms with Crippen LogP contribution in [0.25, 0.3) is 11.3 Å². The summed E-state index contributed by atoms with van der Waals surface area (Å²) >= 11 is 3.53. The van der Waals surface area contributed by atoms with Crippen molar-refractivity contribution in [1.82, 2.24) is 9.78 Å². The summed E-state index contributed by atoms with van der Waals surface area (Å²) in [6.07, 6.45) is 2.10. The minimum Gasteiger partial charge on any atom is -0.253 e. The van der Waals surface area contributed by atoms with Crippen LogP contribution in [0, 0.1) is 0 Å². The fraction of sp³-hybridized carbons (Fsp3) is 0.0690. The highest BCUT2D eigenvalue weighted by Gasteiger charge is 2.39. The van der Waals surface area contributed by atoms with Crippen molar-refractivity contribution in [3.05, 3.63) is 150 Å². The summed E-state index contributed by atoms with van der Waals surface area (Å²) in [5, 5.41) is 5.99. The van der Waals surface area contributed by atoms with E-state index in [4.69, 9.17) is 5.10 Å². The van der Waals surface area contributed by atoms with Gasteiger partial charge in [-0.3, -0.25) is 4.68 Å². The number of aromatic nitrogens is 2. The van der Waals surface area contributed by atoms with Crippen LogP contribution in [0.2, 0.25) is 0 Å². The summed E-state index contributed by atoms with van der Waals surface area (Å²) in [6, 6.07) is 42.5. The van der Waals surface area contributed by atoms with Crippen LogP contribution in [0.1, 0.15) is 22.3 Å². The van der Waals surface area contributed by atoms with Gasteiger partial charge in [0.25, 0.3) is 0 Å². The Bertz CT molecular complexity index is 1180. The molecule has 0 aliphatic rings. The molecular weight excluding hydrogens is 456 g/mol. The maximum Gasteiger partial charge on any atom is 0.138 e. The van der Waals surface area contributed by atoms with E-state index < -0.39 is 5.54 Å². The third kappa shape index (κ3) is 3.59. The molecule has 5 aromatic rings. The molecule has 0 spiro atoms. The van der Waals surface area contributed by atoms with E-state index in [9.17, 15) is 0 Å². The molecule has 3 heteroatoms. The lowest BCUT2D eigenvalue weighted by Crippen LogP contribution is -2.38. The van der Waals surface area contributed by atoms with Crippen molar-refractivity contribution in [2.45, 2.75) is 10.9 Å². The van der Waals surface area contributed by atoms with Crippen LogP contribution in [0.15, 0.2) is 128 Å². The highest BCUT2D eigenvalue weighted by Crippen LogP contribution is 2.40. The number of alkyl halides is 1. The van der Waals surface area contributed by atoms with Gasteiger partial charge in [-0.05, 0) is 28.3 Å². The average Bonchev–Trinajstić information content (AvgIpc) is 3.37. The van der Waals surface area contributed by atoms with Crippen molar-refractivity contribution >= 4 is 15.9 Å². The van der Waals surface area contributed by atoms with Gasteiger partial charge in [0.05, 0.1) is 5.69 Å². The standard InChI is InChI=1S/C29H23BrN2/c30-22-23-16-18-24(19-17-23)28-20-21-32(31-28)29(25-10-4-1-5-11-25,26-12-6-2-7-13-26)27-14-8-3-9-15-27/h1-21H,22H2. The second-order valence-corrected chi connectivity index (χ2v) is 8.35. The van der Waals surface area contributed by atoms with Gasteiger partial charge in [-0.2, -0.15) is 5.10 Å². The maximum absolute atomic E-state index is 5.14. The van der Waals surface area contributed by atoms with E-state index in [-0.39, 0.29) is 0 Å². The molecule has 0 bridgehead atoms. The highest BCUT2D eigenvalue weighted by molar-refractivity contribution is 9.08. The molecule has 0 aliphatic carbocycles. The summed E-state index contributed by atoms with van der Waals surface area (Å²) in [5.41, 5.74) is 6.23. The molecule has 1 aromatic heterocycles. The van der Waals surface area contributed by atoms with Gasteiger partial charge in [-0.25, -0.2) is 0 Å². The Labute approximate surface area is 197 Å². The summed E-state index contributed by atoms with van der Waals surface area (Å²) in [5.74, 6) is 0. The zero-order chi connectivity index (χ0) is 21.8. The Kier molecular flexibility index (Phi) is 5.74. The van der Waals surface area contributed by atoms with Gasteiger partial charge in [-0.1, -0.05) is 131 Å². The maximum atomic E-state index is 5.14. The molecule has 0 aliphatic heterocycles. The second kappa shape index (κ2) is 8.97. The molecule has 0 unspecified atom stereocenters. The van der Waals surface area contributed by atoms with Crippen molar-refractivity contribution in [3.8, 4) is 11.3 Å². The zero-order valence-corrected chi connectivity index (χ0v) is 19.2. The number of benzene rings is 4. The third-order valence-corrected chi connectivity index (χ3v) is 6.56. The van der Waals surface area contributed by atoms with Crippen molar-refractivity contribution in [1.29, 1.82) is 0 Å². The van der Waals surface area contributed by atoms with Crippen molar-refractivity contribution < 1.29 is 0 Å². The van der Waals surface area contributed by atoms with Gasteiger partial charge in [0, 0.05) is 17.1 Å². The van der Waals surface area contributed by atoms with E-state index in [1.165, 1.54) is 22.3 Å². The largest absolute Gasteiger partial charge is 0.253 e. The number of nitrogens with zero attached hydrogens (tertiary/aromatic N) is 2.